The van der Waals surface area contributed by atoms with Crippen molar-refractivity contribution in [1.82, 2.24) is 4.90 Å². The lowest BCUT2D eigenvalue weighted by Gasteiger charge is -2.41. The van der Waals surface area contributed by atoms with E-state index in [4.69, 9.17) is 0 Å². The van der Waals surface area contributed by atoms with Gasteiger partial charge in [0.25, 0.3) is 0 Å². The van der Waals surface area contributed by atoms with Gasteiger partial charge in [-0.1, -0.05) is 6.08 Å². The van der Waals surface area contributed by atoms with E-state index in [0.717, 1.165) is 6.42 Å². The number of aliphatic hydroxyl groups excluding tert-OH is 1. The zero-order valence-electron chi connectivity index (χ0n) is 10.9. The van der Waals surface area contributed by atoms with Crippen LogP contribution in [0.15, 0.2) is 12.7 Å². The van der Waals surface area contributed by atoms with Gasteiger partial charge in [-0.25, -0.2) is 0 Å². The van der Waals surface area contributed by atoms with Crippen LogP contribution in [0.1, 0.15) is 32.1 Å². The molecule has 0 bridgehead atoms. The number of aliphatic hydroxyl groups is 1. The minimum atomic E-state index is -4.30. The standard InChI is InChI=1S/C13H20F3NO2/c1-2-5-12(10-18)6-3-8-17(9-12)11(19)4-7-13(14,15)16/h2,18H,1,3-10H2/t12-/m1/s1. The monoisotopic (exact) mass is 279 g/mol. The molecule has 1 amide bonds. The molecule has 0 spiro atoms. The van der Waals surface area contributed by atoms with E-state index in [0.29, 0.717) is 25.9 Å². The van der Waals surface area contributed by atoms with Crippen molar-refractivity contribution >= 4 is 5.91 Å². The number of allylic oxidation sites excluding steroid dienone is 1. The third-order valence-electron chi connectivity index (χ3n) is 3.55. The summed E-state index contributed by atoms with van der Waals surface area (Å²) in [6.07, 6.45) is -2.20. The molecule has 1 fully saturated rings. The highest BCUT2D eigenvalue weighted by Gasteiger charge is 2.36. The minimum absolute atomic E-state index is 0.0813. The second-order valence-electron chi connectivity index (χ2n) is 5.18. The third-order valence-corrected chi connectivity index (χ3v) is 3.55. The molecule has 0 aromatic carbocycles. The van der Waals surface area contributed by atoms with Crippen LogP contribution >= 0.6 is 0 Å². The van der Waals surface area contributed by atoms with Crippen LogP contribution in [0.5, 0.6) is 0 Å². The number of likely N-dealkylation sites (tertiary alicyclic amines) is 1. The molecule has 0 aliphatic carbocycles. The molecular weight excluding hydrogens is 259 g/mol. The average Bonchev–Trinajstić information content (AvgIpc) is 2.35. The van der Waals surface area contributed by atoms with Crippen LogP contribution in [-0.4, -0.2) is 41.8 Å². The Morgan fingerprint density at radius 1 is 1.47 bits per heavy atom. The van der Waals surface area contributed by atoms with E-state index >= 15 is 0 Å². The van der Waals surface area contributed by atoms with Gasteiger partial charge < -0.3 is 10.0 Å². The number of carbonyl (C=O) groups is 1. The van der Waals surface area contributed by atoms with Crippen molar-refractivity contribution < 1.29 is 23.1 Å². The van der Waals surface area contributed by atoms with Gasteiger partial charge in [-0.3, -0.25) is 4.79 Å². The van der Waals surface area contributed by atoms with Crippen molar-refractivity contribution in [3.8, 4) is 0 Å². The van der Waals surface area contributed by atoms with Gasteiger partial charge in [0.2, 0.25) is 5.91 Å². The second-order valence-corrected chi connectivity index (χ2v) is 5.18. The molecule has 1 aliphatic heterocycles. The molecule has 110 valence electrons. The predicted molar refractivity (Wildman–Crippen MR) is 65.4 cm³/mol. The number of alkyl halides is 3. The van der Waals surface area contributed by atoms with Gasteiger partial charge in [0.1, 0.15) is 0 Å². The molecule has 0 saturated carbocycles. The number of halogens is 3. The van der Waals surface area contributed by atoms with Gasteiger partial charge in [0, 0.05) is 24.9 Å². The largest absolute Gasteiger partial charge is 0.396 e. The maximum atomic E-state index is 12.1. The van der Waals surface area contributed by atoms with Gasteiger partial charge >= 0.3 is 6.18 Å². The van der Waals surface area contributed by atoms with Gasteiger partial charge in [-0.15, -0.1) is 6.58 Å². The Labute approximate surface area is 111 Å². The van der Waals surface area contributed by atoms with E-state index < -0.39 is 30.3 Å². The molecule has 1 atom stereocenters. The summed E-state index contributed by atoms with van der Waals surface area (Å²) in [5.74, 6) is -0.487. The molecule has 3 nitrogen and oxygen atoms in total. The van der Waals surface area contributed by atoms with Crippen LogP contribution in [0.25, 0.3) is 0 Å². The highest BCUT2D eigenvalue weighted by molar-refractivity contribution is 5.76. The van der Waals surface area contributed by atoms with Gasteiger partial charge in [-0.2, -0.15) is 13.2 Å². The molecule has 0 radical (unpaired) electrons. The Bertz CT molecular complexity index is 330. The van der Waals surface area contributed by atoms with Gasteiger partial charge in [0.05, 0.1) is 13.0 Å². The number of carbonyl (C=O) groups excluding carboxylic acids is 1. The van der Waals surface area contributed by atoms with Crippen LogP contribution < -0.4 is 0 Å². The number of hydrogen-bond donors (Lipinski definition) is 1. The molecule has 1 rings (SSSR count). The maximum Gasteiger partial charge on any atom is 0.389 e. The first-order chi connectivity index (χ1) is 8.82. The lowest BCUT2D eigenvalue weighted by atomic mass is 9.77. The third kappa shape index (κ3) is 4.86. The minimum Gasteiger partial charge on any atom is -0.396 e. The van der Waals surface area contributed by atoms with E-state index in [-0.39, 0.29) is 6.61 Å². The SMILES string of the molecule is C=CC[C@@]1(CO)CCCN(C(=O)CCC(F)(F)F)C1. The second kappa shape index (κ2) is 6.41. The highest BCUT2D eigenvalue weighted by atomic mass is 19.4. The summed E-state index contributed by atoms with van der Waals surface area (Å²) in [5.41, 5.74) is -0.437. The molecule has 1 saturated heterocycles. The number of rotatable bonds is 5. The van der Waals surface area contributed by atoms with Crippen molar-refractivity contribution in [2.45, 2.75) is 38.3 Å². The highest BCUT2D eigenvalue weighted by Crippen LogP contribution is 2.34. The Hall–Kier alpha value is -1.04. The Balaban J connectivity index is 2.58. The molecule has 1 heterocycles. The Kier molecular flexibility index (Phi) is 5.40. The van der Waals surface area contributed by atoms with Crippen molar-refractivity contribution in [3.05, 3.63) is 12.7 Å². The summed E-state index contributed by atoms with van der Waals surface area (Å²) < 4.78 is 36.3. The zero-order valence-corrected chi connectivity index (χ0v) is 10.9. The Morgan fingerprint density at radius 2 is 2.16 bits per heavy atom. The molecule has 19 heavy (non-hydrogen) atoms. The summed E-state index contributed by atoms with van der Waals surface area (Å²) >= 11 is 0. The fourth-order valence-electron chi connectivity index (χ4n) is 2.49. The summed E-state index contributed by atoms with van der Waals surface area (Å²) in [5, 5.41) is 9.47. The van der Waals surface area contributed by atoms with Gasteiger partial charge in [0.15, 0.2) is 0 Å². The van der Waals surface area contributed by atoms with E-state index in [1.165, 1.54) is 4.90 Å². The van der Waals surface area contributed by atoms with Gasteiger partial charge in [-0.05, 0) is 19.3 Å². The number of amides is 1. The number of piperidine rings is 1. The van der Waals surface area contributed by atoms with Crippen molar-refractivity contribution in [2.75, 3.05) is 19.7 Å². The summed E-state index contributed by atoms with van der Waals surface area (Å²) in [6, 6.07) is 0. The molecule has 6 heteroatoms. The molecule has 1 aliphatic rings. The number of hydrogen-bond acceptors (Lipinski definition) is 2. The molecule has 0 unspecified atom stereocenters. The fourth-order valence-corrected chi connectivity index (χ4v) is 2.49. The summed E-state index contributed by atoms with van der Waals surface area (Å²) in [7, 11) is 0. The van der Waals surface area contributed by atoms with Crippen LogP contribution in [0.2, 0.25) is 0 Å². The molecular formula is C13H20F3NO2. The van der Waals surface area contributed by atoms with Crippen LogP contribution in [-0.2, 0) is 4.79 Å². The van der Waals surface area contributed by atoms with Crippen molar-refractivity contribution in [3.63, 3.8) is 0 Å². The lowest BCUT2D eigenvalue weighted by Crippen LogP contribution is -2.47. The van der Waals surface area contributed by atoms with Crippen molar-refractivity contribution in [2.24, 2.45) is 5.41 Å². The Morgan fingerprint density at radius 3 is 2.68 bits per heavy atom. The quantitative estimate of drug-likeness (QED) is 0.786. The summed E-state index contributed by atoms with van der Waals surface area (Å²) in [6.45, 7) is 4.32. The average molecular weight is 279 g/mol. The van der Waals surface area contributed by atoms with Crippen LogP contribution in [0.3, 0.4) is 0 Å². The van der Waals surface area contributed by atoms with Crippen molar-refractivity contribution in [1.29, 1.82) is 0 Å². The van der Waals surface area contributed by atoms with Crippen LogP contribution in [0, 0.1) is 5.41 Å². The van der Waals surface area contributed by atoms with E-state index in [2.05, 4.69) is 6.58 Å². The van der Waals surface area contributed by atoms with E-state index in [1.54, 1.807) is 6.08 Å². The molecule has 0 aromatic rings. The smallest absolute Gasteiger partial charge is 0.389 e. The number of nitrogens with zero attached hydrogens (tertiary/aromatic N) is 1. The van der Waals surface area contributed by atoms with E-state index in [1.807, 2.05) is 0 Å². The first-order valence-corrected chi connectivity index (χ1v) is 6.38. The molecule has 1 N–H and O–H groups in total. The topological polar surface area (TPSA) is 40.5 Å². The maximum absolute atomic E-state index is 12.1. The lowest BCUT2D eigenvalue weighted by molar-refractivity contribution is -0.151. The predicted octanol–water partition coefficient (Wildman–Crippen LogP) is 2.51. The fraction of sp³-hybridized carbons (Fsp3) is 0.769. The zero-order chi connectivity index (χ0) is 14.5. The molecule has 0 aromatic heterocycles. The first-order valence-electron chi connectivity index (χ1n) is 6.38. The first kappa shape index (κ1) is 16.0. The van der Waals surface area contributed by atoms with Crippen LogP contribution in [0.4, 0.5) is 13.2 Å². The normalized spacial score (nSPS) is 24.3. The van der Waals surface area contributed by atoms with E-state index in [9.17, 15) is 23.1 Å². The summed E-state index contributed by atoms with van der Waals surface area (Å²) in [4.78, 5) is 13.2.